The third kappa shape index (κ3) is 11.4. The van der Waals surface area contributed by atoms with Crippen LogP contribution in [0.3, 0.4) is 0 Å². The summed E-state index contributed by atoms with van der Waals surface area (Å²) in [5.74, 6) is 2.70. The van der Waals surface area contributed by atoms with Gasteiger partial charge in [0.1, 0.15) is 11.6 Å². The Kier molecular flexibility index (Phi) is 16.4. The first kappa shape index (κ1) is 35.9. The molecule has 0 aliphatic carbocycles. The van der Waals surface area contributed by atoms with Crippen molar-refractivity contribution in [3.63, 3.8) is 0 Å². The maximum absolute atomic E-state index is 7.15. The van der Waals surface area contributed by atoms with Gasteiger partial charge in [0.25, 0.3) is 0 Å². The number of hydrogen-bond donors (Lipinski definition) is 0. The molecule has 6 heteroatoms. The van der Waals surface area contributed by atoms with Crippen molar-refractivity contribution in [3.05, 3.63) is 114 Å². The Morgan fingerprint density at radius 2 is 1.07 bits per heavy atom. The molecule has 1 atom stereocenters. The van der Waals surface area contributed by atoms with Gasteiger partial charge in [-0.15, -0.1) is 10.2 Å². The van der Waals surface area contributed by atoms with E-state index >= 15 is 0 Å². The van der Waals surface area contributed by atoms with Crippen LogP contribution in [0.25, 0.3) is 0 Å². The first-order chi connectivity index (χ1) is 22.7. The molecule has 0 N–H and O–H groups in total. The molecule has 0 amide bonds. The van der Waals surface area contributed by atoms with Crippen molar-refractivity contribution in [2.75, 3.05) is 18.1 Å². The third-order valence-corrected chi connectivity index (χ3v) is 10.0. The molecule has 46 heavy (non-hydrogen) atoms. The molecule has 0 aliphatic heterocycles. The number of thioether (sulfide) groups is 1. The Bertz CT molecular complexity index is 1220. The molecular weight excluding hydrogens is 585 g/mol. The van der Waals surface area contributed by atoms with E-state index in [1.165, 1.54) is 89.9 Å². The van der Waals surface area contributed by atoms with E-state index in [-0.39, 0.29) is 6.04 Å². The molecule has 4 aromatic rings. The topological polar surface area (TPSA) is 52.8 Å². The molecule has 0 saturated carbocycles. The highest BCUT2D eigenvalue weighted by atomic mass is 32.2. The van der Waals surface area contributed by atoms with Crippen LogP contribution >= 0.6 is 11.8 Å². The molecule has 5 nitrogen and oxygen atoms in total. The summed E-state index contributed by atoms with van der Waals surface area (Å²) in [5.41, 5.74) is 2.54. The van der Waals surface area contributed by atoms with E-state index in [9.17, 15) is 0 Å². The zero-order chi connectivity index (χ0) is 32.1. The minimum Gasteiger partial charge on any atom is -0.359 e. The fourth-order valence-corrected chi connectivity index (χ4v) is 7.32. The second-order valence-electron chi connectivity index (χ2n) is 12.6. The van der Waals surface area contributed by atoms with Crippen LogP contribution < -0.4 is 0 Å². The summed E-state index contributed by atoms with van der Waals surface area (Å²) < 4.78 is 7.15. The standard InChI is InChI=1S/C40H56N4OS/c1-3-4-5-6-7-8-9-10-11-12-13-14-15-25-32-46-34-39(44-42-35(2)41-43-44)33-45-40(36-26-19-16-20-27-36,37-28-21-17-22-29-37)38-30-23-18-24-31-38/h16-24,26-31,39H,3-15,25,32-34H2,1-2H3. The number of tetrazole rings is 1. The molecule has 1 aromatic heterocycles. The first-order valence-electron chi connectivity index (χ1n) is 17.9. The van der Waals surface area contributed by atoms with Gasteiger partial charge in [-0.05, 0) is 41.0 Å². The molecule has 0 spiro atoms. The van der Waals surface area contributed by atoms with Crippen molar-refractivity contribution < 1.29 is 4.74 Å². The zero-order valence-electron chi connectivity index (χ0n) is 28.4. The largest absolute Gasteiger partial charge is 0.359 e. The number of aromatic nitrogens is 4. The minimum absolute atomic E-state index is 0.0339. The number of aryl methyl sites for hydroxylation is 1. The van der Waals surface area contributed by atoms with E-state index in [2.05, 4.69) is 113 Å². The molecular formula is C40H56N4OS. The van der Waals surface area contributed by atoms with Crippen molar-refractivity contribution in [3.8, 4) is 0 Å². The summed E-state index contributed by atoms with van der Waals surface area (Å²) in [6.07, 6.45) is 19.4. The monoisotopic (exact) mass is 640 g/mol. The maximum atomic E-state index is 7.15. The summed E-state index contributed by atoms with van der Waals surface area (Å²) >= 11 is 1.98. The van der Waals surface area contributed by atoms with Crippen molar-refractivity contribution in [2.24, 2.45) is 0 Å². The lowest BCUT2D eigenvalue weighted by Gasteiger charge is -2.37. The summed E-state index contributed by atoms with van der Waals surface area (Å²) in [7, 11) is 0. The first-order valence-corrected chi connectivity index (χ1v) is 19.0. The van der Waals surface area contributed by atoms with E-state index in [1.807, 2.05) is 18.7 Å². The summed E-state index contributed by atoms with van der Waals surface area (Å²) in [6.45, 7) is 4.64. The van der Waals surface area contributed by atoms with Crippen LogP contribution in [0, 0.1) is 6.92 Å². The molecule has 3 aromatic carbocycles. The van der Waals surface area contributed by atoms with Crippen molar-refractivity contribution in [1.82, 2.24) is 20.2 Å². The van der Waals surface area contributed by atoms with Gasteiger partial charge in [-0.2, -0.15) is 16.6 Å². The van der Waals surface area contributed by atoms with Gasteiger partial charge in [-0.1, -0.05) is 181 Å². The molecule has 248 valence electrons. The molecule has 0 bridgehead atoms. The van der Waals surface area contributed by atoms with Crippen LogP contribution in [0.15, 0.2) is 91.0 Å². The second-order valence-corrected chi connectivity index (χ2v) is 13.7. The number of benzene rings is 3. The van der Waals surface area contributed by atoms with Gasteiger partial charge in [0.2, 0.25) is 0 Å². The molecule has 1 unspecified atom stereocenters. The van der Waals surface area contributed by atoms with Crippen LogP contribution in [-0.2, 0) is 10.3 Å². The lowest BCUT2D eigenvalue weighted by atomic mass is 9.80. The Morgan fingerprint density at radius 3 is 1.48 bits per heavy atom. The van der Waals surface area contributed by atoms with Gasteiger partial charge in [0.15, 0.2) is 5.82 Å². The maximum Gasteiger partial charge on any atom is 0.171 e. The number of ether oxygens (including phenoxy) is 1. The van der Waals surface area contributed by atoms with Crippen molar-refractivity contribution in [2.45, 2.75) is 115 Å². The summed E-state index contributed by atoms with van der Waals surface area (Å²) in [4.78, 5) is 1.76. The van der Waals surface area contributed by atoms with Crippen LogP contribution in [0.1, 0.15) is 125 Å². The lowest BCUT2D eigenvalue weighted by molar-refractivity contribution is -0.00611. The number of hydrogen-bond acceptors (Lipinski definition) is 5. The minimum atomic E-state index is -0.767. The van der Waals surface area contributed by atoms with Crippen LogP contribution in [0.2, 0.25) is 0 Å². The average molecular weight is 641 g/mol. The van der Waals surface area contributed by atoms with Gasteiger partial charge < -0.3 is 4.74 Å². The normalized spacial score (nSPS) is 12.4. The van der Waals surface area contributed by atoms with E-state index in [0.717, 1.165) is 28.2 Å². The Labute approximate surface area is 282 Å². The fourth-order valence-electron chi connectivity index (χ4n) is 6.24. The van der Waals surface area contributed by atoms with Gasteiger partial charge in [-0.25, -0.2) is 0 Å². The molecule has 0 radical (unpaired) electrons. The molecule has 0 fully saturated rings. The van der Waals surface area contributed by atoms with E-state index in [4.69, 9.17) is 4.74 Å². The molecule has 1 heterocycles. The summed E-state index contributed by atoms with van der Waals surface area (Å²) in [5, 5.41) is 13.2. The van der Waals surface area contributed by atoms with Crippen molar-refractivity contribution in [1.29, 1.82) is 0 Å². The predicted octanol–water partition coefficient (Wildman–Crippen LogP) is 10.7. The van der Waals surface area contributed by atoms with Crippen molar-refractivity contribution >= 4 is 11.8 Å². The average Bonchev–Trinajstić information content (AvgIpc) is 3.54. The Hall–Kier alpha value is -2.96. The third-order valence-electron chi connectivity index (χ3n) is 8.84. The summed E-state index contributed by atoms with van der Waals surface area (Å²) in [6, 6.07) is 31.7. The second kappa shape index (κ2) is 21.0. The highest BCUT2D eigenvalue weighted by Crippen LogP contribution is 2.41. The zero-order valence-corrected chi connectivity index (χ0v) is 29.2. The molecule has 0 aliphatic rings. The quantitative estimate of drug-likeness (QED) is 0.0563. The van der Waals surface area contributed by atoms with E-state index < -0.39 is 5.60 Å². The Morgan fingerprint density at radius 1 is 0.630 bits per heavy atom. The van der Waals surface area contributed by atoms with Gasteiger partial charge >= 0.3 is 0 Å². The SMILES string of the molecule is CCCCCCCCCCCCCCCCSCC(COC(c1ccccc1)(c1ccccc1)c1ccccc1)n1nnc(C)n1. The highest BCUT2D eigenvalue weighted by Gasteiger charge is 2.38. The van der Waals surface area contributed by atoms with Crippen LogP contribution in [0.4, 0.5) is 0 Å². The number of nitrogens with zero attached hydrogens (tertiary/aromatic N) is 4. The van der Waals surface area contributed by atoms with Gasteiger partial charge in [0, 0.05) is 5.75 Å². The Balaban J connectivity index is 1.29. The number of rotatable bonds is 24. The smallest absolute Gasteiger partial charge is 0.171 e. The van der Waals surface area contributed by atoms with Gasteiger partial charge in [0.05, 0.1) is 6.61 Å². The van der Waals surface area contributed by atoms with Gasteiger partial charge in [-0.3, -0.25) is 0 Å². The lowest BCUT2D eigenvalue weighted by Crippen LogP contribution is -2.36. The molecule has 0 saturated heterocycles. The van der Waals surface area contributed by atoms with Crippen LogP contribution in [0.5, 0.6) is 0 Å². The fraction of sp³-hybridized carbons (Fsp3) is 0.525. The predicted molar refractivity (Wildman–Crippen MR) is 194 cm³/mol. The number of unbranched alkanes of at least 4 members (excludes halogenated alkanes) is 13. The highest BCUT2D eigenvalue weighted by molar-refractivity contribution is 7.99. The molecule has 4 rings (SSSR count). The van der Waals surface area contributed by atoms with E-state index in [0.29, 0.717) is 12.4 Å². The van der Waals surface area contributed by atoms with Crippen LogP contribution in [-0.4, -0.2) is 38.3 Å². The van der Waals surface area contributed by atoms with E-state index in [1.54, 1.807) is 4.80 Å².